The SMILES string of the molecule is CCSc1n[n+]2c(c(=O)[nH]1)-c1ccccc1N(C(=O)CC)[C@@H]2c1cccs1. The molecule has 138 valence electrons. The second kappa shape index (κ2) is 7.28. The molecule has 1 aromatic carbocycles. The number of rotatable bonds is 4. The fourth-order valence-electron chi connectivity index (χ4n) is 3.31. The quantitative estimate of drug-likeness (QED) is 0.540. The standard InChI is InChI=1S/C19H18N4O2S2/c1-3-15(24)22-13-9-6-5-8-12(13)16-17(25)20-19(26-4-2)21-23(16)18(22)14-10-7-11-27-14/h5-11,18H,3-4H2,1-2H3/p+1/t18-/m0/s1. The number of hydrogen-bond acceptors (Lipinski definition) is 5. The summed E-state index contributed by atoms with van der Waals surface area (Å²) in [6, 6.07) is 11.4. The first kappa shape index (κ1) is 17.9. The minimum Gasteiger partial charge on any atom is -0.291 e. The molecule has 0 fully saturated rings. The van der Waals surface area contributed by atoms with Gasteiger partial charge in [0, 0.05) is 11.5 Å². The lowest BCUT2D eigenvalue weighted by Crippen LogP contribution is -2.60. The molecular weight excluding hydrogens is 380 g/mol. The van der Waals surface area contributed by atoms with Crippen LogP contribution in [0.1, 0.15) is 31.3 Å². The van der Waals surface area contributed by atoms with Gasteiger partial charge in [-0.15, -0.1) is 11.3 Å². The zero-order chi connectivity index (χ0) is 19.0. The number of thiophene rings is 1. The summed E-state index contributed by atoms with van der Waals surface area (Å²) in [5.41, 5.74) is 1.74. The molecule has 0 unspecified atom stereocenters. The summed E-state index contributed by atoms with van der Waals surface area (Å²) in [4.78, 5) is 31.5. The molecule has 1 aliphatic heterocycles. The van der Waals surface area contributed by atoms with Crippen molar-refractivity contribution in [3.8, 4) is 11.3 Å². The van der Waals surface area contributed by atoms with E-state index in [-0.39, 0.29) is 11.5 Å². The molecule has 3 heterocycles. The topological polar surface area (TPSA) is 69.9 Å². The van der Waals surface area contributed by atoms with Crippen LogP contribution in [-0.4, -0.2) is 21.7 Å². The van der Waals surface area contributed by atoms with Crippen LogP contribution in [0, 0.1) is 0 Å². The summed E-state index contributed by atoms with van der Waals surface area (Å²) >= 11 is 3.02. The van der Waals surface area contributed by atoms with Crippen molar-refractivity contribution in [1.29, 1.82) is 0 Å². The second-order valence-electron chi connectivity index (χ2n) is 6.01. The van der Waals surface area contributed by atoms with Crippen molar-refractivity contribution in [3.05, 3.63) is 57.0 Å². The molecule has 0 spiro atoms. The van der Waals surface area contributed by atoms with E-state index in [0.717, 1.165) is 16.3 Å². The molecule has 1 N–H and O–H groups in total. The van der Waals surface area contributed by atoms with Crippen LogP contribution in [0.3, 0.4) is 0 Å². The highest BCUT2D eigenvalue weighted by atomic mass is 32.2. The first-order chi connectivity index (χ1) is 13.2. The number of H-pyrrole nitrogens is 1. The maximum atomic E-state index is 13.0. The molecule has 6 nitrogen and oxygen atoms in total. The van der Waals surface area contributed by atoms with Crippen LogP contribution in [0.25, 0.3) is 11.3 Å². The fourth-order valence-corrected chi connectivity index (χ4v) is 4.69. The van der Waals surface area contributed by atoms with E-state index in [0.29, 0.717) is 22.8 Å². The zero-order valence-electron chi connectivity index (χ0n) is 15.0. The van der Waals surface area contributed by atoms with Crippen molar-refractivity contribution in [2.45, 2.75) is 31.6 Å². The van der Waals surface area contributed by atoms with E-state index in [4.69, 9.17) is 5.10 Å². The number of nitrogens with zero attached hydrogens (tertiary/aromatic N) is 3. The Morgan fingerprint density at radius 2 is 2.11 bits per heavy atom. The molecule has 1 aliphatic rings. The number of anilines is 1. The van der Waals surface area contributed by atoms with Crippen LogP contribution in [-0.2, 0) is 4.79 Å². The Morgan fingerprint density at radius 1 is 1.30 bits per heavy atom. The number of nitrogens with one attached hydrogen (secondary N) is 1. The van der Waals surface area contributed by atoms with Gasteiger partial charge in [-0.2, -0.15) is 0 Å². The predicted octanol–water partition coefficient (Wildman–Crippen LogP) is 3.20. The lowest BCUT2D eigenvalue weighted by Gasteiger charge is -2.31. The highest BCUT2D eigenvalue weighted by Crippen LogP contribution is 2.38. The Kier molecular flexibility index (Phi) is 4.84. The third-order valence-corrected chi connectivity index (χ3v) is 6.07. The Balaban J connectivity index is 2.06. The highest BCUT2D eigenvalue weighted by molar-refractivity contribution is 7.99. The summed E-state index contributed by atoms with van der Waals surface area (Å²) in [6.45, 7) is 3.86. The van der Waals surface area contributed by atoms with Gasteiger partial charge in [-0.3, -0.25) is 14.6 Å². The lowest BCUT2D eigenvalue weighted by atomic mass is 10.0. The van der Waals surface area contributed by atoms with Gasteiger partial charge in [0.2, 0.25) is 11.1 Å². The molecule has 0 radical (unpaired) electrons. The molecule has 2 aromatic heterocycles. The summed E-state index contributed by atoms with van der Waals surface area (Å²) in [7, 11) is 0. The highest BCUT2D eigenvalue weighted by Gasteiger charge is 2.45. The predicted molar refractivity (Wildman–Crippen MR) is 107 cm³/mol. The van der Waals surface area contributed by atoms with Crippen molar-refractivity contribution >= 4 is 34.7 Å². The number of para-hydroxylation sites is 1. The third-order valence-electron chi connectivity index (χ3n) is 4.41. The molecule has 8 heteroatoms. The summed E-state index contributed by atoms with van der Waals surface area (Å²) in [5, 5.41) is 7.23. The Hall–Kier alpha value is -2.45. The fraction of sp³-hybridized carbons (Fsp3) is 0.263. The number of carbonyl (C=O) groups excluding carboxylic acids is 1. The van der Waals surface area contributed by atoms with Crippen molar-refractivity contribution < 1.29 is 9.48 Å². The molecule has 0 bridgehead atoms. The largest absolute Gasteiger partial charge is 0.325 e. The van der Waals surface area contributed by atoms with Crippen molar-refractivity contribution in [2.24, 2.45) is 0 Å². The van der Waals surface area contributed by atoms with Gasteiger partial charge in [-0.25, -0.2) is 4.90 Å². The molecule has 1 amide bonds. The van der Waals surface area contributed by atoms with E-state index in [1.54, 1.807) is 20.9 Å². The minimum absolute atomic E-state index is 0.00854. The van der Waals surface area contributed by atoms with E-state index in [2.05, 4.69) is 4.98 Å². The third kappa shape index (κ3) is 2.98. The van der Waals surface area contributed by atoms with E-state index < -0.39 is 6.17 Å². The Morgan fingerprint density at radius 3 is 2.81 bits per heavy atom. The average Bonchev–Trinajstić information content (AvgIpc) is 3.20. The van der Waals surface area contributed by atoms with Crippen LogP contribution in [0.5, 0.6) is 0 Å². The number of hydrogen-bond donors (Lipinski definition) is 1. The zero-order valence-corrected chi connectivity index (χ0v) is 16.6. The normalized spacial score (nSPS) is 15.3. The van der Waals surface area contributed by atoms with Gasteiger partial charge in [0.05, 0.1) is 16.1 Å². The monoisotopic (exact) mass is 399 g/mol. The van der Waals surface area contributed by atoms with Gasteiger partial charge in [-0.1, -0.05) is 43.8 Å². The number of benzene rings is 1. The number of fused-ring (bicyclic) bond motifs is 3. The van der Waals surface area contributed by atoms with Crippen LogP contribution in [0.15, 0.2) is 51.7 Å². The van der Waals surface area contributed by atoms with Gasteiger partial charge in [0.15, 0.2) is 0 Å². The Labute approximate surface area is 164 Å². The molecular formula is C19H19N4O2S2+. The van der Waals surface area contributed by atoms with Gasteiger partial charge < -0.3 is 0 Å². The maximum absolute atomic E-state index is 13.0. The number of aromatic amines is 1. The van der Waals surface area contributed by atoms with Crippen LogP contribution < -0.4 is 15.1 Å². The van der Waals surface area contributed by atoms with E-state index in [1.165, 1.54) is 11.8 Å². The van der Waals surface area contributed by atoms with Gasteiger partial charge in [-0.05, 0) is 34.0 Å². The summed E-state index contributed by atoms with van der Waals surface area (Å²) in [5.74, 6) is 0.783. The van der Waals surface area contributed by atoms with Crippen LogP contribution in [0.4, 0.5) is 5.69 Å². The van der Waals surface area contributed by atoms with Gasteiger partial charge in [0.25, 0.3) is 0 Å². The molecule has 1 atom stereocenters. The van der Waals surface area contributed by atoms with E-state index in [9.17, 15) is 9.59 Å². The smallest absolute Gasteiger partial charge is 0.291 e. The number of thioether (sulfide) groups is 1. The van der Waals surface area contributed by atoms with Crippen LogP contribution >= 0.6 is 23.1 Å². The molecule has 0 saturated heterocycles. The molecule has 3 aromatic rings. The van der Waals surface area contributed by atoms with Crippen molar-refractivity contribution in [1.82, 2.24) is 10.1 Å². The van der Waals surface area contributed by atoms with E-state index >= 15 is 0 Å². The molecule has 0 saturated carbocycles. The first-order valence-corrected chi connectivity index (χ1v) is 10.7. The Bertz CT molecular complexity index is 1050. The van der Waals surface area contributed by atoms with Gasteiger partial charge in [0.1, 0.15) is 0 Å². The molecule has 4 rings (SSSR count). The van der Waals surface area contributed by atoms with Crippen molar-refractivity contribution in [2.75, 3.05) is 10.7 Å². The average molecular weight is 400 g/mol. The number of aromatic nitrogens is 3. The second-order valence-corrected chi connectivity index (χ2v) is 8.24. The van der Waals surface area contributed by atoms with Gasteiger partial charge >= 0.3 is 17.4 Å². The van der Waals surface area contributed by atoms with E-state index in [1.807, 2.05) is 55.6 Å². The minimum atomic E-state index is -0.471. The lowest BCUT2D eigenvalue weighted by molar-refractivity contribution is -0.762. The van der Waals surface area contributed by atoms with Crippen LogP contribution in [0.2, 0.25) is 0 Å². The first-order valence-electron chi connectivity index (χ1n) is 8.79. The molecule has 27 heavy (non-hydrogen) atoms. The number of amides is 1. The maximum Gasteiger partial charge on any atom is 0.325 e. The van der Waals surface area contributed by atoms with Crippen molar-refractivity contribution in [3.63, 3.8) is 0 Å². The molecule has 0 aliphatic carbocycles. The summed E-state index contributed by atoms with van der Waals surface area (Å²) < 4.78 is 1.71. The summed E-state index contributed by atoms with van der Waals surface area (Å²) in [6.07, 6.45) is -0.105. The number of carbonyl (C=O) groups is 1.